The van der Waals surface area contributed by atoms with Gasteiger partial charge in [-0.25, -0.2) is 8.78 Å². The van der Waals surface area contributed by atoms with Crippen LogP contribution in [0.2, 0.25) is 0 Å². The highest BCUT2D eigenvalue weighted by atomic mass is 19.1. The van der Waals surface area contributed by atoms with Crippen LogP contribution in [0, 0.1) is 11.6 Å². The zero-order valence-electron chi connectivity index (χ0n) is 17.6. The molecule has 32 heavy (non-hydrogen) atoms. The quantitative estimate of drug-likeness (QED) is 0.630. The van der Waals surface area contributed by atoms with Crippen molar-refractivity contribution in [1.82, 2.24) is 10.2 Å². The number of hydrogen-bond donors (Lipinski definition) is 1. The molecule has 1 saturated heterocycles. The molecule has 4 nitrogen and oxygen atoms in total. The molecule has 3 aromatic carbocycles. The first-order chi connectivity index (χ1) is 15.5. The Kier molecular flexibility index (Phi) is 5.62. The van der Waals surface area contributed by atoms with E-state index in [9.17, 15) is 13.6 Å². The maximum absolute atomic E-state index is 13.4. The zero-order chi connectivity index (χ0) is 22.1. The van der Waals surface area contributed by atoms with Crippen LogP contribution in [-0.2, 0) is 24.1 Å². The summed E-state index contributed by atoms with van der Waals surface area (Å²) in [7, 11) is 0. The van der Waals surface area contributed by atoms with Gasteiger partial charge in [0.2, 0.25) is 5.91 Å². The number of hydrogen-bond acceptors (Lipinski definition) is 3. The zero-order valence-corrected chi connectivity index (χ0v) is 17.6. The van der Waals surface area contributed by atoms with Crippen molar-refractivity contribution in [2.24, 2.45) is 0 Å². The number of fused-ring (bicyclic) bond motifs is 1. The lowest BCUT2D eigenvalue weighted by Crippen LogP contribution is -2.62. The van der Waals surface area contributed by atoms with Crippen LogP contribution in [0.25, 0.3) is 0 Å². The van der Waals surface area contributed by atoms with Crippen LogP contribution in [0.1, 0.15) is 16.7 Å². The van der Waals surface area contributed by atoms with Gasteiger partial charge in [-0.05, 0) is 78.1 Å². The van der Waals surface area contributed by atoms with Crippen LogP contribution in [0.3, 0.4) is 0 Å². The number of rotatable bonds is 6. The fraction of sp³-hybridized carbons (Fsp3) is 0.269. The second-order valence-electron chi connectivity index (χ2n) is 8.56. The van der Waals surface area contributed by atoms with E-state index in [-0.39, 0.29) is 23.6 Å². The molecule has 1 atom stereocenters. The molecule has 0 aromatic heterocycles. The lowest BCUT2D eigenvalue weighted by atomic mass is 10.0. The van der Waals surface area contributed by atoms with Crippen LogP contribution >= 0.6 is 0 Å². The molecule has 0 radical (unpaired) electrons. The minimum atomic E-state index is -0.307. The normalized spacial score (nSPS) is 17.7. The summed E-state index contributed by atoms with van der Waals surface area (Å²) in [5.74, 6) is 0.813. The molecule has 1 unspecified atom stereocenters. The van der Waals surface area contributed by atoms with E-state index in [4.69, 9.17) is 4.74 Å². The number of carbonyl (C=O) groups excluding carboxylic acids is 1. The Morgan fingerprint density at radius 2 is 1.47 bits per heavy atom. The van der Waals surface area contributed by atoms with Crippen molar-refractivity contribution in [3.63, 3.8) is 0 Å². The summed E-state index contributed by atoms with van der Waals surface area (Å²) in [6.07, 6.45) is 2.09. The Morgan fingerprint density at radius 3 is 2.19 bits per heavy atom. The minimum absolute atomic E-state index is 0.104. The van der Waals surface area contributed by atoms with Gasteiger partial charge in [0, 0.05) is 25.2 Å². The van der Waals surface area contributed by atoms with Gasteiger partial charge in [-0.1, -0.05) is 18.2 Å². The minimum Gasteiger partial charge on any atom is -0.457 e. The van der Waals surface area contributed by atoms with Crippen molar-refractivity contribution >= 4 is 5.91 Å². The summed E-state index contributed by atoms with van der Waals surface area (Å²) < 4.78 is 32.1. The van der Waals surface area contributed by atoms with Crippen LogP contribution in [0.15, 0.2) is 66.7 Å². The number of ether oxygens (including phenoxy) is 1. The average molecular weight is 434 g/mol. The lowest BCUT2D eigenvalue weighted by molar-refractivity contribution is -0.135. The summed E-state index contributed by atoms with van der Waals surface area (Å²) in [6.45, 7) is 1.40. The lowest BCUT2D eigenvalue weighted by Gasteiger charge is -2.41. The van der Waals surface area contributed by atoms with E-state index in [0.29, 0.717) is 37.1 Å². The van der Waals surface area contributed by atoms with Crippen molar-refractivity contribution in [3.8, 4) is 11.5 Å². The summed E-state index contributed by atoms with van der Waals surface area (Å²) in [6, 6.07) is 18.8. The smallest absolute Gasteiger partial charge is 0.227 e. The first-order valence-electron chi connectivity index (χ1n) is 10.9. The van der Waals surface area contributed by atoms with E-state index in [1.807, 2.05) is 35.2 Å². The molecule has 164 valence electrons. The molecule has 5 rings (SSSR count). The van der Waals surface area contributed by atoms with Gasteiger partial charge in [0.25, 0.3) is 0 Å². The number of nitrogens with one attached hydrogen (secondary N) is 1. The Morgan fingerprint density at radius 1 is 0.844 bits per heavy atom. The van der Waals surface area contributed by atoms with Gasteiger partial charge in [0.15, 0.2) is 0 Å². The van der Waals surface area contributed by atoms with Crippen molar-refractivity contribution in [3.05, 3.63) is 95.1 Å². The second kappa shape index (κ2) is 8.71. The summed E-state index contributed by atoms with van der Waals surface area (Å²) >= 11 is 0. The van der Waals surface area contributed by atoms with Gasteiger partial charge in [-0.15, -0.1) is 0 Å². The summed E-state index contributed by atoms with van der Waals surface area (Å²) in [4.78, 5) is 14.5. The number of amides is 1. The highest BCUT2D eigenvalue weighted by Gasteiger charge is 2.33. The molecule has 1 aliphatic heterocycles. The standard InChI is InChI=1S/C26H24F2N2O2/c27-20-5-9-25(10-6-20)32-24-7-1-17(2-8-24)11-26(31)30-15-23(16-30)29-22-13-18-3-4-21(28)12-19(18)14-22/h1-10,12,22-23,29H,11,13-16H2. The fourth-order valence-corrected chi connectivity index (χ4v) is 4.43. The maximum Gasteiger partial charge on any atom is 0.227 e. The Hall–Kier alpha value is -3.25. The SMILES string of the molecule is O=C(Cc1ccc(Oc2ccc(F)cc2)cc1)N1CC(NC2Cc3ccc(F)cc3C2)C1. The highest BCUT2D eigenvalue weighted by molar-refractivity contribution is 5.79. The van der Waals surface area contributed by atoms with Crippen molar-refractivity contribution in [1.29, 1.82) is 0 Å². The molecule has 6 heteroatoms. The van der Waals surface area contributed by atoms with Gasteiger partial charge >= 0.3 is 0 Å². The Labute approximate surface area is 185 Å². The molecule has 1 aliphatic carbocycles. The van der Waals surface area contributed by atoms with Crippen molar-refractivity contribution < 1.29 is 18.3 Å². The number of likely N-dealkylation sites (tertiary alicyclic amines) is 1. The van der Waals surface area contributed by atoms with E-state index in [2.05, 4.69) is 5.32 Å². The van der Waals surface area contributed by atoms with Gasteiger partial charge < -0.3 is 15.0 Å². The van der Waals surface area contributed by atoms with Crippen molar-refractivity contribution in [2.75, 3.05) is 13.1 Å². The summed E-state index contributed by atoms with van der Waals surface area (Å²) in [5, 5.41) is 3.61. The molecule has 0 spiro atoms. The third-order valence-electron chi connectivity index (χ3n) is 6.13. The predicted octanol–water partition coefficient (Wildman–Crippen LogP) is 4.27. The van der Waals surface area contributed by atoms with Crippen LogP contribution in [-0.4, -0.2) is 36.0 Å². The van der Waals surface area contributed by atoms with Crippen LogP contribution in [0.5, 0.6) is 11.5 Å². The largest absolute Gasteiger partial charge is 0.457 e. The molecule has 3 aromatic rings. The molecule has 1 N–H and O–H groups in total. The maximum atomic E-state index is 13.4. The number of nitrogens with zero attached hydrogens (tertiary/aromatic N) is 1. The van der Waals surface area contributed by atoms with E-state index in [1.54, 1.807) is 18.2 Å². The molecule has 0 bridgehead atoms. The number of halogens is 2. The predicted molar refractivity (Wildman–Crippen MR) is 118 cm³/mol. The molecule has 1 amide bonds. The first-order valence-corrected chi connectivity index (χ1v) is 10.9. The third kappa shape index (κ3) is 4.65. The van der Waals surface area contributed by atoms with Gasteiger partial charge in [0.1, 0.15) is 23.1 Å². The molecule has 1 heterocycles. The monoisotopic (exact) mass is 434 g/mol. The molecule has 0 saturated carbocycles. The molecule has 2 aliphatic rings. The molecular formula is C26H24F2N2O2. The highest BCUT2D eigenvalue weighted by Crippen LogP contribution is 2.25. The van der Waals surface area contributed by atoms with Gasteiger partial charge in [0.05, 0.1) is 6.42 Å². The van der Waals surface area contributed by atoms with Gasteiger partial charge in [-0.2, -0.15) is 0 Å². The topological polar surface area (TPSA) is 41.6 Å². The Bertz CT molecular complexity index is 1110. The number of benzene rings is 3. The first kappa shape index (κ1) is 20.6. The van der Waals surface area contributed by atoms with Gasteiger partial charge in [-0.3, -0.25) is 4.79 Å². The van der Waals surface area contributed by atoms with E-state index in [0.717, 1.165) is 24.0 Å². The molecule has 1 fully saturated rings. The summed E-state index contributed by atoms with van der Waals surface area (Å²) in [5.41, 5.74) is 3.22. The third-order valence-corrected chi connectivity index (χ3v) is 6.13. The van der Waals surface area contributed by atoms with E-state index < -0.39 is 0 Å². The van der Waals surface area contributed by atoms with Crippen LogP contribution in [0.4, 0.5) is 8.78 Å². The molecular weight excluding hydrogens is 410 g/mol. The van der Waals surface area contributed by atoms with Crippen LogP contribution < -0.4 is 10.1 Å². The van der Waals surface area contributed by atoms with Crippen molar-refractivity contribution in [2.45, 2.75) is 31.3 Å². The fourth-order valence-electron chi connectivity index (χ4n) is 4.43. The van der Waals surface area contributed by atoms with E-state index >= 15 is 0 Å². The Balaban J connectivity index is 1.07. The second-order valence-corrected chi connectivity index (χ2v) is 8.56. The van der Waals surface area contributed by atoms with E-state index in [1.165, 1.54) is 23.8 Å². The number of carbonyl (C=O) groups is 1. The average Bonchev–Trinajstić information content (AvgIpc) is 3.15.